The number of hydrogen-bond donors (Lipinski definition) is 1. The van der Waals surface area contributed by atoms with Crippen LogP contribution in [0.4, 0.5) is 0 Å². The number of alkyl halides is 1. The first-order chi connectivity index (χ1) is 9.79. The van der Waals surface area contributed by atoms with Crippen molar-refractivity contribution in [2.24, 2.45) is 5.92 Å². The van der Waals surface area contributed by atoms with Crippen molar-refractivity contribution in [2.75, 3.05) is 12.4 Å². The number of pyridine rings is 1. The van der Waals surface area contributed by atoms with Gasteiger partial charge in [0.1, 0.15) is 11.3 Å². The lowest BCUT2D eigenvalue weighted by Gasteiger charge is -2.09. The molecule has 1 aliphatic rings. The SMILES string of the molecule is O=C(NCCn1c(CCCl)nc2cccnc21)C1CC1. The maximum Gasteiger partial charge on any atom is 0.223 e. The fraction of sp³-hybridized carbons (Fsp3) is 0.500. The van der Waals surface area contributed by atoms with E-state index in [4.69, 9.17) is 11.6 Å². The predicted molar refractivity (Wildman–Crippen MR) is 77.7 cm³/mol. The largest absolute Gasteiger partial charge is 0.354 e. The van der Waals surface area contributed by atoms with E-state index in [2.05, 4.69) is 15.3 Å². The molecule has 0 bridgehead atoms. The van der Waals surface area contributed by atoms with Crippen molar-refractivity contribution < 1.29 is 4.79 Å². The Morgan fingerprint density at radius 1 is 1.50 bits per heavy atom. The zero-order valence-electron chi connectivity index (χ0n) is 11.2. The highest BCUT2D eigenvalue weighted by Crippen LogP contribution is 2.28. The maximum atomic E-state index is 11.6. The van der Waals surface area contributed by atoms with Gasteiger partial charge in [0.15, 0.2) is 5.65 Å². The number of imidazole rings is 1. The number of nitrogens with zero attached hydrogens (tertiary/aromatic N) is 3. The summed E-state index contributed by atoms with van der Waals surface area (Å²) >= 11 is 5.83. The minimum absolute atomic E-state index is 0.168. The summed E-state index contributed by atoms with van der Waals surface area (Å²) in [5, 5.41) is 2.97. The van der Waals surface area contributed by atoms with Gasteiger partial charge in [-0.25, -0.2) is 9.97 Å². The molecule has 0 unspecified atom stereocenters. The van der Waals surface area contributed by atoms with Crippen LogP contribution in [0.5, 0.6) is 0 Å². The Hall–Kier alpha value is -1.62. The lowest BCUT2D eigenvalue weighted by molar-refractivity contribution is -0.122. The molecule has 6 heteroatoms. The lowest BCUT2D eigenvalue weighted by atomic mass is 10.4. The molecule has 1 N–H and O–H groups in total. The van der Waals surface area contributed by atoms with Crippen molar-refractivity contribution in [1.82, 2.24) is 19.9 Å². The molecule has 1 fully saturated rings. The Labute approximate surface area is 122 Å². The third-order valence-corrected chi connectivity index (χ3v) is 3.67. The van der Waals surface area contributed by atoms with Gasteiger partial charge >= 0.3 is 0 Å². The molecule has 0 aliphatic heterocycles. The third kappa shape index (κ3) is 2.77. The van der Waals surface area contributed by atoms with E-state index in [1.165, 1.54) is 0 Å². The average molecular weight is 293 g/mol. The second-order valence-corrected chi connectivity index (χ2v) is 5.41. The first-order valence-corrected chi connectivity index (χ1v) is 7.47. The van der Waals surface area contributed by atoms with Gasteiger partial charge in [-0.05, 0) is 25.0 Å². The molecule has 2 heterocycles. The maximum absolute atomic E-state index is 11.6. The first kappa shape index (κ1) is 13.4. The Morgan fingerprint density at radius 3 is 3.10 bits per heavy atom. The standard InChI is InChI=1S/C14H17ClN4O/c15-6-5-12-18-11-2-1-7-16-13(11)19(12)9-8-17-14(20)10-3-4-10/h1-2,7,10H,3-6,8-9H2,(H,17,20). The molecule has 0 aromatic carbocycles. The van der Waals surface area contributed by atoms with Gasteiger partial charge in [-0.2, -0.15) is 0 Å². The summed E-state index contributed by atoms with van der Waals surface area (Å²) in [5.74, 6) is 1.86. The van der Waals surface area contributed by atoms with Crippen molar-refractivity contribution in [1.29, 1.82) is 0 Å². The molecule has 106 valence electrons. The van der Waals surface area contributed by atoms with E-state index in [0.29, 0.717) is 25.4 Å². The Balaban J connectivity index is 1.74. The van der Waals surface area contributed by atoms with Crippen LogP contribution in [0, 0.1) is 5.92 Å². The summed E-state index contributed by atoms with van der Waals surface area (Å²) in [5.41, 5.74) is 1.73. The van der Waals surface area contributed by atoms with E-state index in [1.54, 1.807) is 6.20 Å². The number of carbonyl (C=O) groups excluding carboxylic acids is 1. The number of hydrogen-bond acceptors (Lipinski definition) is 3. The van der Waals surface area contributed by atoms with Crippen molar-refractivity contribution in [3.05, 3.63) is 24.2 Å². The number of halogens is 1. The van der Waals surface area contributed by atoms with Crippen LogP contribution in [0.3, 0.4) is 0 Å². The molecule has 0 atom stereocenters. The second-order valence-electron chi connectivity index (χ2n) is 5.03. The number of aryl methyl sites for hydroxylation is 1. The molecule has 1 saturated carbocycles. The van der Waals surface area contributed by atoms with Crippen molar-refractivity contribution in [2.45, 2.75) is 25.8 Å². The number of fused-ring (bicyclic) bond motifs is 1. The van der Waals surface area contributed by atoms with Gasteiger partial charge in [0.2, 0.25) is 5.91 Å². The van der Waals surface area contributed by atoms with Crippen LogP contribution in [0.15, 0.2) is 18.3 Å². The van der Waals surface area contributed by atoms with Gasteiger partial charge < -0.3 is 9.88 Å². The highest BCUT2D eigenvalue weighted by atomic mass is 35.5. The molecule has 5 nitrogen and oxygen atoms in total. The second kappa shape index (κ2) is 5.79. The topological polar surface area (TPSA) is 59.8 Å². The fourth-order valence-corrected chi connectivity index (χ4v) is 2.47. The van der Waals surface area contributed by atoms with Gasteiger partial charge in [-0.15, -0.1) is 11.6 Å². The summed E-state index contributed by atoms with van der Waals surface area (Å²) in [4.78, 5) is 20.6. The van der Waals surface area contributed by atoms with E-state index in [-0.39, 0.29) is 11.8 Å². The number of amides is 1. The molecular formula is C14H17ClN4O. The zero-order valence-corrected chi connectivity index (χ0v) is 11.9. The smallest absolute Gasteiger partial charge is 0.223 e. The number of nitrogens with one attached hydrogen (secondary N) is 1. The molecule has 1 aliphatic carbocycles. The predicted octanol–water partition coefficient (Wildman–Crippen LogP) is 1.74. The highest BCUT2D eigenvalue weighted by molar-refractivity contribution is 6.17. The monoisotopic (exact) mass is 292 g/mol. The van der Waals surface area contributed by atoms with Gasteiger partial charge in [0.05, 0.1) is 0 Å². The fourth-order valence-electron chi connectivity index (χ4n) is 2.30. The summed E-state index contributed by atoms with van der Waals surface area (Å²) in [6.07, 6.45) is 4.51. The van der Waals surface area contributed by atoms with Gasteiger partial charge in [-0.1, -0.05) is 0 Å². The molecule has 20 heavy (non-hydrogen) atoms. The van der Waals surface area contributed by atoms with Crippen LogP contribution in [-0.4, -0.2) is 32.9 Å². The van der Waals surface area contributed by atoms with Crippen molar-refractivity contribution >= 4 is 28.7 Å². The lowest BCUT2D eigenvalue weighted by Crippen LogP contribution is -2.28. The minimum Gasteiger partial charge on any atom is -0.354 e. The van der Waals surface area contributed by atoms with Crippen molar-refractivity contribution in [3.63, 3.8) is 0 Å². The third-order valence-electron chi connectivity index (χ3n) is 3.48. The number of aromatic nitrogens is 3. The summed E-state index contributed by atoms with van der Waals surface area (Å²) < 4.78 is 2.05. The Bertz CT molecular complexity index is 621. The average Bonchev–Trinajstić information content (AvgIpc) is 3.24. The summed E-state index contributed by atoms with van der Waals surface area (Å²) in [6.45, 7) is 1.28. The van der Waals surface area contributed by atoms with Crippen LogP contribution in [0.2, 0.25) is 0 Å². The number of carbonyl (C=O) groups is 1. The van der Waals surface area contributed by atoms with Crippen LogP contribution in [0.1, 0.15) is 18.7 Å². The normalized spacial score (nSPS) is 14.7. The molecule has 0 spiro atoms. The van der Waals surface area contributed by atoms with E-state index in [9.17, 15) is 4.79 Å². The van der Waals surface area contributed by atoms with E-state index in [0.717, 1.165) is 29.8 Å². The first-order valence-electron chi connectivity index (χ1n) is 6.93. The van der Waals surface area contributed by atoms with Crippen LogP contribution < -0.4 is 5.32 Å². The van der Waals surface area contributed by atoms with Gasteiger partial charge in [0.25, 0.3) is 0 Å². The molecule has 0 saturated heterocycles. The minimum atomic E-state index is 0.168. The highest BCUT2D eigenvalue weighted by Gasteiger charge is 2.29. The zero-order chi connectivity index (χ0) is 13.9. The van der Waals surface area contributed by atoms with Crippen LogP contribution in [0.25, 0.3) is 11.2 Å². The summed E-state index contributed by atoms with van der Waals surface area (Å²) in [6, 6.07) is 3.82. The van der Waals surface area contributed by atoms with Crippen molar-refractivity contribution in [3.8, 4) is 0 Å². The van der Waals surface area contributed by atoms with Crippen LogP contribution >= 0.6 is 11.6 Å². The van der Waals surface area contributed by atoms with E-state index >= 15 is 0 Å². The Kier molecular flexibility index (Phi) is 3.87. The molecule has 3 rings (SSSR count). The number of rotatable bonds is 6. The molecule has 0 radical (unpaired) electrons. The quantitative estimate of drug-likeness (QED) is 0.825. The van der Waals surface area contributed by atoms with Crippen LogP contribution in [-0.2, 0) is 17.8 Å². The molecule has 2 aromatic rings. The van der Waals surface area contributed by atoms with E-state index < -0.39 is 0 Å². The van der Waals surface area contributed by atoms with E-state index in [1.807, 2.05) is 16.7 Å². The summed E-state index contributed by atoms with van der Waals surface area (Å²) in [7, 11) is 0. The molecular weight excluding hydrogens is 276 g/mol. The Morgan fingerprint density at radius 2 is 2.35 bits per heavy atom. The van der Waals surface area contributed by atoms with Gasteiger partial charge in [0, 0.05) is 37.5 Å². The molecule has 1 amide bonds. The molecule has 2 aromatic heterocycles. The van der Waals surface area contributed by atoms with Gasteiger partial charge in [-0.3, -0.25) is 4.79 Å².